The van der Waals surface area contributed by atoms with Gasteiger partial charge in [0.15, 0.2) is 0 Å². The number of benzene rings is 1. The molecule has 2 heterocycles. The number of amides is 3. The van der Waals surface area contributed by atoms with Gasteiger partial charge in [0.05, 0.1) is 0 Å². The van der Waals surface area contributed by atoms with Crippen LogP contribution in [0.15, 0.2) is 24.3 Å². The van der Waals surface area contributed by atoms with Gasteiger partial charge in [0.1, 0.15) is 5.54 Å². The number of piperidine rings is 1. The standard InChI is InChI=1S/C17H23N3O2/c1-12-6-3-4-7-13(12)10-20-9-5-8-14(11-20)17(2)15(21)18-16(22)19-17/h3-4,6-7,14H,5,8-11H2,1-2H3,(H2,18,19,21,22)/t14-,17-/m0/s1. The largest absolute Gasteiger partial charge is 0.323 e. The maximum atomic E-state index is 12.1. The first-order valence-electron chi connectivity index (χ1n) is 7.89. The number of rotatable bonds is 3. The zero-order valence-corrected chi connectivity index (χ0v) is 13.2. The van der Waals surface area contributed by atoms with Crippen molar-refractivity contribution in [1.29, 1.82) is 0 Å². The molecule has 5 heteroatoms. The predicted octanol–water partition coefficient (Wildman–Crippen LogP) is 1.81. The second-order valence-corrected chi connectivity index (χ2v) is 6.61. The Morgan fingerprint density at radius 2 is 2.09 bits per heavy atom. The second-order valence-electron chi connectivity index (χ2n) is 6.61. The number of carbonyl (C=O) groups is 2. The quantitative estimate of drug-likeness (QED) is 0.837. The predicted molar refractivity (Wildman–Crippen MR) is 84.3 cm³/mol. The van der Waals surface area contributed by atoms with Crippen LogP contribution >= 0.6 is 0 Å². The SMILES string of the molecule is Cc1ccccc1CN1CCC[C@H]([C@]2(C)NC(=O)NC2=O)C1. The average Bonchev–Trinajstić information content (AvgIpc) is 2.76. The Kier molecular flexibility index (Phi) is 3.91. The smallest absolute Gasteiger partial charge is 0.322 e. The molecule has 0 saturated carbocycles. The molecule has 3 rings (SSSR count). The van der Waals surface area contributed by atoms with Crippen LogP contribution in [0.2, 0.25) is 0 Å². The van der Waals surface area contributed by atoms with Crippen LogP contribution in [0.5, 0.6) is 0 Å². The summed E-state index contributed by atoms with van der Waals surface area (Å²) in [5.41, 5.74) is 1.84. The van der Waals surface area contributed by atoms with E-state index in [4.69, 9.17) is 0 Å². The van der Waals surface area contributed by atoms with Gasteiger partial charge in [-0.15, -0.1) is 0 Å². The molecule has 5 nitrogen and oxygen atoms in total. The van der Waals surface area contributed by atoms with Crippen LogP contribution in [0.1, 0.15) is 30.9 Å². The lowest BCUT2D eigenvalue weighted by atomic mass is 9.80. The molecule has 22 heavy (non-hydrogen) atoms. The van der Waals surface area contributed by atoms with E-state index in [0.29, 0.717) is 0 Å². The minimum atomic E-state index is -0.776. The number of carbonyl (C=O) groups excluding carboxylic acids is 2. The van der Waals surface area contributed by atoms with Crippen LogP contribution in [0.3, 0.4) is 0 Å². The molecule has 2 saturated heterocycles. The highest BCUT2D eigenvalue weighted by molar-refractivity contribution is 6.06. The maximum absolute atomic E-state index is 12.1. The Labute approximate surface area is 131 Å². The number of likely N-dealkylation sites (tertiary alicyclic amines) is 1. The van der Waals surface area contributed by atoms with Gasteiger partial charge in [-0.1, -0.05) is 24.3 Å². The van der Waals surface area contributed by atoms with Crippen LogP contribution in [0.4, 0.5) is 4.79 Å². The van der Waals surface area contributed by atoms with E-state index < -0.39 is 5.54 Å². The highest BCUT2D eigenvalue weighted by atomic mass is 16.2. The Bertz CT molecular complexity index is 601. The first-order valence-corrected chi connectivity index (χ1v) is 7.89. The number of nitrogens with zero attached hydrogens (tertiary/aromatic N) is 1. The van der Waals surface area contributed by atoms with Crippen molar-refractivity contribution in [3.8, 4) is 0 Å². The molecular formula is C17H23N3O2. The number of imide groups is 1. The zero-order chi connectivity index (χ0) is 15.7. The molecule has 0 aromatic heterocycles. The van der Waals surface area contributed by atoms with Crippen LogP contribution in [0, 0.1) is 12.8 Å². The normalized spacial score (nSPS) is 29.3. The molecule has 1 aromatic carbocycles. The summed E-state index contributed by atoms with van der Waals surface area (Å²) in [6.45, 7) is 6.74. The van der Waals surface area contributed by atoms with Crippen molar-refractivity contribution in [2.45, 2.75) is 38.8 Å². The first kappa shape index (κ1) is 15.0. The molecule has 2 atom stereocenters. The summed E-state index contributed by atoms with van der Waals surface area (Å²) in [5.74, 6) is -0.0445. The molecule has 0 radical (unpaired) electrons. The molecule has 2 aliphatic heterocycles. The highest BCUT2D eigenvalue weighted by Crippen LogP contribution is 2.30. The van der Waals surface area contributed by atoms with E-state index in [-0.39, 0.29) is 17.9 Å². The molecule has 0 spiro atoms. The molecule has 118 valence electrons. The molecule has 2 fully saturated rings. The Balaban J connectivity index is 1.71. The van der Waals surface area contributed by atoms with Crippen molar-refractivity contribution in [2.24, 2.45) is 5.92 Å². The van der Waals surface area contributed by atoms with Gasteiger partial charge in [-0.25, -0.2) is 4.79 Å². The molecule has 0 aliphatic carbocycles. The van der Waals surface area contributed by atoms with Crippen molar-refractivity contribution in [2.75, 3.05) is 13.1 Å². The zero-order valence-electron chi connectivity index (χ0n) is 13.2. The van der Waals surface area contributed by atoms with Gasteiger partial charge in [0, 0.05) is 19.0 Å². The molecular weight excluding hydrogens is 278 g/mol. The van der Waals surface area contributed by atoms with Crippen LogP contribution in [-0.4, -0.2) is 35.5 Å². The van der Waals surface area contributed by atoms with Gasteiger partial charge in [-0.2, -0.15) is 0 Å². The monoisotopic (exact) mass is 301 g/mol. The summed E-state index contributed by atoms with van der Waals surface area (Å²) >= 11 is 0. The van der Waals surface area contributed by atoms with Crippen LogP contribution < -0.4 is 10.6 Å². The number of hydrogen-bond acceptors (Lipinski definition) is 3. The van der Waals surface area contributed by atoms with E-state index >= 15 is 0 Å². The summed E-state index contributed by atoms with van der Waals surface area (Å²) in [6.07, 6.45) is 2.02. The maximum Gasteiger partial charge on any atom is 0.322 e. The lowest BCUT2D eigenvalue weighted by Gasteiger charge is -2.39. The summed E-state index contributed by atoms with van der Waals surface area (Å²) < 4.78 is 0. The molecule has 1 aromatic rings. The van der Waals surface area contributed by atoms with E-state index in [1.165, 1.54) is 11.1 Å². The van der Waals surface area contributed by atoms with Crippen molar-refractivity contribution in [3.63, 3.8) is 0 Å². The van der Waals surface area contributed by atoms with Crippen molar-refractivity contribution < 1.29 is 9.59 Å². The van der Waals surface area contributed by atoms with E-state index in [2.05, 4.69) is 46.7 Å². The number of hydrogen-bond donors (Lipinski definition) is 2. The van der Waals surface area contributed by atoms with Gasteiger partial charge < -0.3 is 5.32 Å². The average molecular weight is 301 g/mol. The van der Waals surface area contributed by atoms with Gasteiger partial charge in [-0.05, 0) is 44.4 Å². The fourth-order valence-corrected chi connectivity index (χ4v) is 3.54. The third kappa shape index (κ3) is 2.73. The highest BCUT2D eigenvalue weighted by Gasteiger charge is 2.48. The van der Waals surface area contributed by atoms with Gasteiger partial charge in [0.25, 0.3) is 5.91 Å². The van der Waals surface area contributed by atoms with Crippen LogP contribution in [-0.2, 0) is 11.3 Å². The summed E-state index contributed by atoms with van der Waals surface area (Å²) in [5, 5.41) is 5.19. The minimum absolute atomic E-state index is 0.150. The van der Waals surface area contributed by atoms with Gasteiger partial charge in [0.2, 0.25) is 0 Å². The number of aryl methyl sites for hydroxylation is 1. The fraction of sp³-hybridized carbons (Fsp3) is 0.529. The second kappa shape index (κ2) is 5.72. The van der Waals surface area contributed by atoms with E-state index in [9.17, 15) is 9.59 Å². The molecule has 0 unspecified atom stereocenters. The summed E-state index contributed by atoms with van der Waals surface area (Å²) in [7, 11) is 0. The van der Waals surface area contributed by atoms with Crippen molar-refractivity contribution in [1.82, 2.24) is 15.5 Å². The van der Waals surface area contributed by atoms with E-state index in [0.717, 1.165) is 32.5 Å². The van der Waals surface area contributed by atoms with Gasteiger partial charge in [-0.3, -0.25) is 15.0 Å². The number of urea groups is 1. The number of nitrogens with one attached hydrogen (secondary N) is 2. The van der Waals surface area contributed by atoms with E-state index in [1.807, 2.05) is 6.92 Å². The molecule has 0 bridgehead atoms. The fourth-order valence-electron chi connectivity index (χ4n) is 3.54. The van der Waals surface area contributed by atoms with Gasteiger partial charge >= 0.3 is 6.03 Å². The first-order chi connectivity index (χ1) is 10.5. The third-order valence-electron chi connectivity index (χ3n) is 5.05. The van der Waals surface area contributed by atoms with E-state index in [1.54, 1.807) is 0 Å². The Hall–Kier alpha value is -1.88. The molecule has 2 N–H and O–H groups in total. The van der Waals surface area contributed by atoms with Crippen molar-refractivity contribution in [3.05, 3.63) is 35.4 Å². The lowest BCUT2D eigenvalue weighted by Crippen LogP contribution is -2.55. The van der Waals surface area contributed by atoms with Crippen LogP contribution in [0.25, 0.3) is 0 Å². The molecule has 2 aliphatic rings. The Morgan fingerprint density at radius 1 is 1.32 bits per heavy atom. The minimum Gasteiger partial charge on any atom is -0.323 e. The molecule has 3 amide bonds. The lowest BCUT2D eigenvalue weighted by molar-refractivity contribution is -0.126. The summed E-state index contributed by atoms with van der Waals surface area (Å²) in [4.78, 5) is 26.0. The third-order valence-corrected chi connectivity index (χ3v) is 5.05. The topological polar surface area (TPSA) is 61.4 Å². The van der Waals surface area contributed by atoms with Crippen molar-refractivity contribution >= 4 is 11.9 Å². The Morgan fingerprint density at radius 3 is 2.77 bits per heavy atom. The summed E-state index contributed by atoms with van der Waals surface area (Å²) in [6, 6.07) is 8.03.